The molecular formula is C17H19NOS. The van der Waals surface area contributed by atoms with Gasteiger partial charge in [-0.2, -0.15) is 0 Å². The Kier molecular flexibility index (Phi) is 4.16. The summed E-state index contributed by atoms with van der Waals surface area (Å²) in [6.45, 7) is 4.15. The molecule has 2 aromatic carbocycles. The van der Waals surface area contributed by atoms with Crippen molar-refractivity contribution >= 4 is 17.4 Å². The molecule has 0 saturated carbocycles. The molecule has 0 unspecified atom stereocenters. The maximum absolute atomic E-state index is 5.98. The van der Waals surface area contributed by atoms with E-state index in [1.807, 2.05) is 42.1 Å². The fourth-order valence-electron chi connectivity index (χ4n) is 2.50. The van der Waals surface area contributed by atoms with E-state index >= 15 is 0 Å². The zero-order valence-corrected chi connectivity index (χ0v) is 12.5. The van der Waals surface area contributed by atoms with Crippen molar-refractivity contribution in [2.24, 2.45) is 0 Å². The van der Waals surface area contributed by atoms with E-state index in [1.165, 1.54) is 10.6 Å². The summed E-state index contributed by atoms with van der Waals surface area (Å²) in [6.07, 6.45) is 0.175. The Labute approximate surface area is 124 Å². The number of rotatable bonds is 4. The smallest absolute Gasteiger partial charge is 0.119 e. The van der Waals surface area contributed by atoms with Crippen LogP contribution >= 0.6 is 11.8 Å². The van der Waals surface area contributed by atoms with Gasteiger partial charge >= 0.3 is 0 Å². The molecular weight excluding hydrogens is 266 g/mol. The molecule has 2 aromatic rings. The predicted octanol–water partition coefficient (Wildman–Crippen LogP) is 4.07. The van der Waals surface area contributed by atoms with Crippen molar-refractivity contribution in [3.63, 3.8) is 0 Å². The number of anilines is 1. The lowest BCUT2D eigenvalue weighted by Gasteiger charge is -2.32. The Bertz CT molecular complexity index is 558. The standard InChI is InChI=1S/C17H19NOS/c1-14(19-15-7-3-2-4-8-15)13-18-11-12-20-17-10-6-5-9-16(17)18/h2-10,14H,11-13H2,1H3/t14-/m0/s1. The van der Waals surface area contributed by atoms with Crippen molar-refractivity contribution < 1.29 is 4.74 Å². The predicted molar refractivity (Wildman–Crippen MR) is 85.9 cm³/mol. The van der Waals surface area contributed by atoms with E-state index in [1.54, 1.807) is 0 Å². The molecule has 1 heterocycles. The van der Waals surface area contributed by atoms with Crippen LogP contribution in [0.15, 0.2) is 59.5 Å². The molecule has 0 N–H and O–H groups in total. The normalized spacial score (nSPS) is 15.6. The van der Waals surface area contributed by atoms with Gasteiger partial charge in [-0.25, -0.2) is 0 Å². The minimum Gasteiger partial charge on any atom is -0.489 e. The van der Waals surface area contributed by atoms with Gasteiger partial charge in [0.2, 0.25) is 0 Å². The van der Waals surface area contributed by atoms with Gasteiger partial charge in [-0.15, -0.1) is 11.8 Å². The Morgan fingerprint density at radius 2 is 1.85 bits per heavy atom. The number of hydrogen-bond donors (Lipinski definition) is 0. The zero-order chi connectivity index (χ0) is 13.8. The monoisotopic (exact) mass is 285 g/mol. The van der Waals surface area contributed by atoms with Gasteiger partial charge in [-0.1, -0.05) is 30.3 Å². The lowest BCUT2D eigenvalue weighted by molar-refractivity contribution is 0.226. The summed E-state index contributed by atoms with van der Waals surface area (Å²) >= 11 is 1.94. The average Bonchev–Trinajstić information content (AvgIpc) is 2.48. The van der Waals surface area contributed by atoms with Crippen molar-refractivity contribution in [1.82, 2.24) is 0 Å². The topological polar surface area (TPSA) is 12.5 Å². The molecule has 1 aliphatic heterocycles. The first-order valence-electron chi connectivity index (χ1n) is 7.01. The van der Waals surface area contributed by atoms with Crippen molar-refractivity contribution in [3.8, 4) is 5.75 Å². The molecule has 0 saturated heterocycles. The van der Waals surface area contributed by atoms with E-state index < -0.39 is 0 Å². The minimum atomic E-state index is 0.175. The van der Waals surface area contributed by atoms with Crippen molar-refractivity contribution in [3.05, 3.63) is 54.6 Å². The summed E-state index contributed by atoms with van der Waals surface area (Å²) in [5, 5.41) is 0. The highest BCUT2D eigenvalue weighted by molar-refractivity contribution is 7.99. The lowest BCUT2D eigenvalue weighted by atomic mass is 10.2. The minimum absolute atomic E-state index is 0.175. The Balaban J connectivity index is 1.66. The summed E-state index contributed by atoms with van der Waals surface area (Å²) in [7, 11) is 0. The zero-order valence-electron chi connectivity index (χ0n) is 11.7. The van der Waals surface area contributed by atoms with Crippen LogP contribution in [0.2, 0.25) is 0 Å². The number of para-hydroxylation sites is 2. The summed E-state index contributed by atoms with van der Waals surface area (Å²) in [5.74, 6) is 2.09. The lowest BCUT2D eigenvalue weighted by Crippen LogP contribution is -2.37. The van der Waals surface area contributed by atoms with E-state index in [2.05, 4.69) is 36.1 Å². The highest BCUT2D eigenvalue weighted by atomic mass is 32.2. The van der Waals surface area contributed by atoms with Gasteiger partial charge < -0.3 is 9.64 Å². The molecule has 104 valence electrons. The summed E-state index contributed by atoms with van der Waals surface area (Å²) < 4.78 is 5.98. The van der Waals surface area contributed by atoms with Crippen molar-refractivity contribution in [1.29, 1.82) is 0 Å². The van der Waals surface area contributed by atoms with Gasteiger partial charge in [-0.05, 0) is 31.2 Å². The van der Waals surface area contributed by atoms with Crippen LogP contribution in [-0.2, 0) is 0 Å². The SMILES string of the molecule is C[C@@H](CN1CCSc2ccccc21)Oc1ccccc1. The number of nitrogens with zero attached hydrogens (tertiary/aromatic N) is 1. The highest BCUT2D eigenvalue weighted by Crippen LogP contribution is 2.34. The van der Waals surface area contributed by atoms with E-state index in [4.69, 9.17) is 4.74 Å². The molecule has 0 fully saturated rings. The van der Waals surface area contributed by atoms with E-state index in [-0.39, 0.29) is 6.10 Å². The Morgan fingerprint density at radius 1 is 1.10 bits per heavy atom. The summed E-state index contributed by atoms with van der Waals surface area (Å²) in [4.78, 5) is 3.81. The van der Waals surface area contributed by atoms with Crippen molar-refractivity contribution in [2.45, 2.75) is 17.9 Å². The Hall–Kier alpha value is -1.61. The average molecular weight is 285 g/mol. The second-order valence-corrected chi connectivity index (χ2v) is 6.14. The van der Waals surface area contributed by atoms with Crippen LogP contribution in [0.4, 0.5) is 5.69 Å². The molecule has 3 heteroatoms. The molecule has 2 nitrogen and oxygen atoms in total. The highest BCUT2D eigenvalue weighted by Gasteiger charge is 2.19. The second kappa shape index (κ2) is 6.23. The first-order chi connectivity index (χ1) is 9.83. The first-order valence-corrected chi connectivity index (χ1v) is 8.00. The second-order valence-electron chi connectivity index (χ2n) is 5.00. The Morgan fingerprint density at radius 3 is 2.70 bits per heavy atom. The first kappa shape index (κ1) is 13.4. The van der Waals surface area contributed by atoms with Crippen LogP contribution in [-0.4, -0.2) is 24.9 Å². The van der Waals surface area contributed by atoms with Gasteiger partial charge in [0.15, 0.2) is 0 Å². The van der Waals surface area contributed by atoms with Gasteiger partial charge in [0.1, 0.15) is 11.9 Å². The molecule has 0 bridgehead atoms. The maximum Gasteiger partial charge on any atom is 0.119 e. The third-order valence-corrected chi connectivity index (χ3v) is 4.43. The van der Waals surface area contributed by atoms with Crippen LogP contribution in [0.25, 0.3) is 0 Å². The number of benzene rings is 2. The molecule has 0 spiro atoms. The largest absolute Gasteiger partial charge is 0.489 e. The van der Waals surface area contributed by atoms with Crippen LogP contribution in [0.5, 0.6) is 5.75 Å². The molecule has 0 amide bonds. The molecule has 1 aliphatic rings. The van der Waals surface area contributed by atoms with Gasteiger partial charge in [0.25, 0.3) is 0 Å². The fourth-order valence-corrected chi connectivity index (χ4v) is 3.55. The fraction of sp³-hybridized carbons (Fsp3) is 0.294. The van der Waals surface area contributed by atoms with Gasteiger partial charge in [-0.3, -0.25) is 0 Å². The van der Waals surface area contributed by atoms with Crippen LogP contribution in [0.1, 0.15) is 6.92 Å². The number of ether oxygens (including phenoxy) is 1. The van der Waals surface area contributed by atoms with E-state index in [9.17, 15) is 0 Å². The molecule has 20 heavy (non-hydrogen) atoms. The molecule has 1 atom stereocenters. The van der Waals surface area contributed by atoms with E-state index in [0.717, 1.165) is 24.6 Å². The molecule has 0 aromatic heterocycles. The van der Waals surface area contributed by atoms with Crippen molar-refractivity contribution in [2.75, 3.05) is 23.7 Å². The van der Waals surface area contributed by atoms with E-state index in [0.29, 0.717) is 0 Å². The summed E-state index contributed by atoms with van der Waals surface area (Å²) in [6, 6.07) is 18.7. The third kappa shape index (κ3) is 3.10. The van der Waals surface area contributed by atoms with Gasteiger partial charge in [0, 0.05) is 17.2 Å². The molecule has 0 aliphatic carbocycles. The molecule has 0 radical (unpaired) electrons. The quantitative estimate of drug-likeness (QED) is 0.840. The maximum atomic E-state index is 5.98. The van der Waals surface area contributed by atoms with Gasteiger partial charge in [0.05, 0.1) is 12.2 Å². The number of fused-ring (bicyclic) bond motifs is 1. The number of hydrogen-bond acceptors (Lipinski definition) is 3. The van der Waals surface area contributed by atoms with Crippen LogP contribution < -0.4 is 9.64 Å². The summed E-state index contributed by atoms with van der Waals surface area (Å²) in [5.41, 5.74) is 1.34. The number of thioether (sulfide) groups is 1. The molecule has 3 rings (SSSR count). The third-order valence-electron chi connectivity index (χ3n) is 3.38. The van der Waals surface area contributed by atoms with Crippen LogP contribution in [0, 0.1) is 0 Å². The van der Waals surface area contributed by atoms with Crippen LogP contribution in [0.3, 0.4) is 0 Å².